The normalized spacial score (nSPS) is 18.4. The minimum absolute atomic E-state index is 0.0932. The van der Waals surface area contributed by atoms with Crippen molar-refractivity contribution in [2.75, 3.05) is 13.7 Å². The smallest absolute Gasteiger partial charge is 0.258 e. The fraction of sp³-hybridized carbons (Fsp3) is 0.385. The van der Waals surface area contributed by atoms with Crippen molar-refractivity contribution in [2.24, 2.45) is 0 Å². The summed E-state index contributed by atoms with van der Waals surface area (Å²) in [6, 6.07) is 6.20. The minimum atomic E-state index is -0.400. The standard InChI is InChI=1S/C13H14N2O3/c1-18-10-4-5-12(16)11(7-10)13(17)15-6-2-3-9(15)8-14/h4-5,7,9,16H,2-3,6H2,1H3. The second-order valence-electron chi connectivity index (χ2n) is 4.17. The lowest BCUT2D eigenvalue weighted by molar-refractivity contribution is 0.0761. The van der Waals surface area contributed by atoms with E-state index in [0.717, 1.165) is 6.42 Å². The summed E-state index contributed by atoms with van der Waals surface area (Å²) in [4.78, 5) is 13.8. The maximum atomic E-state index is 12.3. The first-order valence-electron chi connectivity index (χ1n) is 5.75. The van der Waals surface area contributed by atoms with Crippen molar-refractivity contribution in [3.63, 3.8) is 0 Å². The molecule has 1 aromatic rings. The molecule has 1 saturated heterocycles. The number of aromatic hydroxyl groups is 1. The quantitative estimate of drug-likeness (QED) is 0.858. The van der Waals surface area contributed by atoms with E-state index >= 15 is 0 Å². The fourth-order valence-electron chi connectivity index (χ4n) is 2.11. The monoisotopic (exact) mass is 246 g/mol. The summed E-state index contributed by atoms with van der Waals surface area (Å²) >= 11 is 0. The third-order valence-corrected chi connectivity index (χ3v) is 3.10. The molecule has 2 rings (SSSR count). The average molecular weight is 246 g/mol. The van der Waals surface area contributed by atoms with Gasteiger partial charge < -0.3 is 14.7 Å². The fourth-order valence-corrected chi connectivity index (χ4v) is 2.11. The van der Waals surface area contributed by atoms with Crippen molar-refractivity contribution in [3.8, 4) is 17.6 Å². The zero-order valence-corrected chi connectivity index (χ0v) is 10.1. The van der Waals surface area contributed by atoms with Crippen LogP contribution in [-0.2, 0) is 0 Å². The highest BCUT2D eigenvalue weighted by Crippen LogP contribution is 2.27. The van der Waals surface area contributed by atoms with Gasteiger partial charge in [-0.05, 0) is 31.0 Å². The molecule has 5 heteroatoms. The SMILES string of the molecule is COc1ccc(O)c(C(=O)N2CCCC2C#N)c1. The maximum absolute atomic E-state index is 12.3. The molecule has 1 unspecified atom stereocenters. The molecule has 0 radical (unpaired) electrons. The number of carbonyl (C=O) groups is 1. The molecule has 0 saturated carbocycles. The van der Waals surface area contributed by atoms with Gasteiger partial charge in [0, 0.05) is 6.54 Å². The first-order chi connectivity index (χ1) is 8.67. The number of methoxy groups -OCH3 is 1. The Morgan fingerprint density at radius 1 is 1.61 bits per heavy atom. The number of hydrogen-bond acceptors (Lipinski definition) is 4. The van der Waals surface area contributed by atoms with Crippen molar-refractivity contribution in [2.45, 2.75) is 18.9 Å². The van der Waals surface area contributed by atoms with Crippen LogP contribution in [0.5, 0.6) is 11.5 Å². The summed E-state index contributed by atoms with van der Waals surface area (Å²) in [7, 11) is 1.49. The van der Waals surface area contributed by atoms with E-state index in [1.54, 1.807) is 6.07 Å². The van der Waals surface area contributed by atoms with Crippen molar-refractivity contribution in [3.05, 3.63) is 23.8 Å². The Bertz CT molecular complexity index is 507. The predicted octanol–water partition coefficient (Wildman–Crippen LogP) is 1.53. The van der Waals surface area contributed by atoms with Crippen LogP contribution in [0.1, 0.15) is 23.2 Å². The number of phenols is 1. The number of carbonyl (C=O) groups excluding carboxylic acids is 1. The number of likely N-dealkylation sites (tertiary alicyclic amines) is 1. The van der Waals surface area contributed by atoms with Gasteiger partial charge in [0.25, 0.3) is 5.91 Å². The molecule has 1 N–H and O–H groups in total. The van der Waals surface area contributed by atoms with Crippen LogP contribution < -0.4 is 4.74 Å². The molecule has 0 spiro atoms. The summed E-state index contributed by atoms with van der Waals surface area (Å²) < 4.78 is 5.03. The van der Waals surface area contributed by atoms with Crippen LogP contribution in [0.3, 0.4) is 0 Å². The first kappa shape index (κ1) is 12.2. The Morgan fingerprint density at radius 3 is 3.06 bits per heavy atom. The highest BCUT2D eigenvalue weighted by Gasteiger charge is 2.30. The van der Waals surface area contributed by atoms with Crippen LogP contribution in [0.4, 0.5) is 0 Å². The molecule has 1 heterocycles. The van der Waals surface area contributed by atoms with E-state index in [1.165, 1.54) is 24.1 Å². The minimum Gasteiger partial charge on any atom is -0.507 e. The van der Waals surface area contributed by atoms with Gasteiger partial charge in [0.1, 0.15) is 17.5 Å². The maximum Gasteiger partial charge on any atom is 0.258 e. The molecule has 1 fully saturated rings. The van der Waals surface area contributed by atoms with Crippen LogP contribution >= 0.6 is 0 Å². The zero-order valence-electron chi connectivity index (χ0n) is 10.1. The number of benzene rings is 1. The van der Waals surface area contributed by atoms with Crippen LogP contribution in [0, 0.1) is 11.3 Å². The van der Waals surface area contributed by atoms with Crippen molar-refractivity contribution in [1.29, 1.82) is 5.26 Å². The molecule has 1 amide bonds. The van der Waals surface area contributed by atoms with E-state index in [-0.39, 0.29) is 17.2 Å². The number of amides is 1. The Balaban J connectivity index is 2.31. The van der Waals surface area contributed by atoms with E-state index in [4.69, 9.17) is 10.00 Å². The Morgan fingerprint density at radius 2 is 2.39 bits per heavy atom. The summed E-state index contributed by atoms with van der Waals surface area (Å²) in [5.74, 6) is 0.0868. The van der Waals surface area contributed by atoms with Gasteiger partial charge in [0.15, 0.2) is 0 Å². The number of nitriles is 1. The molecule has 1 atom stereocenters. The van der Waals surface area contributed by atoms with Crippen molar-refractivity contribution >= 4 is 5.91 Å². The number of rotatable bonds is 2. The largest absolute Gasteiger partial charge is 0.507 e. The van der Waals surface area contributed by atoms with Gasteiger partial charge in [-0.2, -0.15) is 5.26 Å². The second-order valence-corrected chi connectivity index (χ2v) is 4.17. The van der Waals surface area contributed by atoms with Gasteiger partial charge in [0.05, 0.1) is 18.7 Å². The molecule has 5 nitrogen and oxygen atoms in total. The van der Waals surface area contributed by atoms with Crippen LogP contribution in [0.15, 0.2) is 18.2 Å². The predicted molar refractivity (Wildman–Crippen MR) is 64.3 cm³/mol. The van der Waals surface area contributed by atoms with Gasteiger partial charge in [-0.15, -0.1) is 0 Å². The van der Waals surface area contributed by atoms with E-state index in [9.17, 15) is 9.90 Å². The van der Waals surface area contributed by atoms with Gasteiger partial charge in [0.2, 0.25) is 0 Å². The molecule has 1 aliphatic rings. The molecule has 0 aliphatic carbocycles. The Kier molecular flexibility index (Phi) is 3.38. The highest BCUT2D eigenvalue weighted by atomic mass is 16.5. The molecular weight excluding hydrogens is 232 g/mol. The van der Waals surface area contributed by atoms with E-state index in [2.05, 4.69) is 6.07 Å². The summed E-state index contributed by atoms with van der Waals surface area (Å²) in [6.07, 6.45) is 1.50. The summed E-state index contributed by atoms with van der Waals surface area (Å²) in [5, 5.41) is 18.7. The van der Waals surface area contributed by atoms with Gasteiger partial charge in [-0.3, -0.25) is 4.79 Å². The third kappa shape index (κ3) is 2.09. The van der Waals surface area contributed by atoms with Crippen LogP contribution in [-0.4, -0.2) is 35.6 Å². The Hall–Kier alpha value is -2.22. The summed E-state index contributed by atoms with van der Waals surface area (Å²) in [6.45, 7) is 0.549. The third-order valence-electron chi connectivity index (χ3n) is 3.10. The molecule has 0 bridgehead atoms. The lowest BCUT2D eigenvalue weighted by atomic mass is 10.1. The molecule has 1 aliphatic heterocycles. The molecule has 1 aromatic carbocycles. The van der Waals surface area contributed by atoms with Gasteiger partial charge in [-0.1, -0.05) is 0 Å². The van der Waals surface area contributed by atoms with E-state index < -0.39 is 6.04 Å². The molecule has 94 valence electrons. The summed E-state index contributed by atoms with van der Waals surface area (Å²) in [5.41, 5.74) is 0.177. The lowest BCUT2D eigenvalue weighted by Gasteiger charge is -2.20. The van der Waals surface area contributed by atoms with Gasteiger partial charge >= 0.3 is 0 Å². The number of phenolic OH excluding ortho intramolecular Hbond substituents is 1. The first-order valence-corrected chi connectivity index (χ1v) is 5.75. The van der Waals surface area contributed by atoms with Crippen LogP contribution in [0.2, 0.25) is 0 Å². The number of hydrogen-bond donors (Lipinski definition) is 1. The zero-order chi connectivity index (χ0) is 13.1. The van der Waals surface area contributed by atoms with Gasteiger partial charge in [-0.25, -0.2) is 0 Å². The number of ether oxygens (including phenoxy) is 1. The topological polar surface area (TPSA) is 73.6 Å². The average Bonchev–Trinajstić information content (AvgIpc) is 2.86. The highest BCUT2D eigenvalue weighted by molar-refractivity contribution is 5.97. The molecule has 0 aromatic heterocycles. The van der Waals surface area contributed by atoms with Crippen LogP contribution in [0.25, 0.3) is 0 Å². The Labute approximate surface area is 105 Å². The van der Waals surface area contributed by atoms with E-state index in [0.29, 0.717) is 18.7 Å². The molecule has 18 heavy (non-hydrogen) atoms. The van der Waals surface area contributed by atoms with Crippen molar-refractivity contribution in [1.82, 2.24) is 4.90 Å². The molecular formula is C13H14N2O3. The second kappa shape index (κ2) is 4.96. The van der Waals surface area contributed by atoms with E-state index in [1.807, 2.05) is 0 Å². The van der Waals surface area contributed by atoms with Crippen molar-refractivity contribution < 1.29 is 14.6 Å². The number of nitrogens with zero attached hydrogens (tertiary/aromatic N) is 2. The lowest BCUT2D eigenvalue weighted by Crippen LogP contribution is -2.34.